The van der Waals surface area contributed by atoms with E-state index in [-0.39, 0.29) is 6.10 Å². The van der Waals surface area contributed by atoms with Gasteiger partial charge in [0, 0.05) is 36.7 Å². The Bertz CT molecular complexity index is 858. The summed E-state index contributed by atoms with van der Waals surface area (Å²) in [5.74, 6) is 0.662. The normalized spacial score (nSPS) is 20.1. The molecule has 0 radical (unpaired) electrons. The zero-order chi connectivity index (χ0) is 16.5. The lowest BCUT2D eigenvalue weighted by atomic mass is 9.89. The van der Waals surface area contributed by atoms with Gasteiger partial charge in [0.1, 0.15) is 22.5 Å². The smallest absolute Gasteiger partial charge is 0.141 e. The summed E-state index contributed by atoms with van der Waals surface area (Å²) in [5.41, 5.74) is 2.20. The van der Waals surface area contributed by atoms with Gasteiger partial charge < -0.3 is 14.5 Å². The monoisotopic (exact) mass is 361 g/mol. The van der Waals surface area contributed by atoms with E-state index in [1.54, 1.807) is 6.07 Å². The number of aromatic nitrogens is 2. The number of pyridine rings is 1. The molecular weight excluding hydrogens is 345 g/mol. The van der Waals surface area contributed by atoms with E-state index >= 15 is 0 Å². The summed E-state index contributed by atoms with van der Waals surface area (Å²) in [7, 11) is 0. The summed E-state index contributed by atoms with van der Waals surface area (Å²) in [5, 5.41) is 4.58. The highest BCUT2D eigenvalue weighted by Crippen LogP contribution is 2.35. The van der Waals surface area contributed by atoms with Crippen LogP contribution in [0.5, 0.6) is 5.75 Å². The predicted molar refractivity (Wildman–Crippen MR) is 95.9 cm³/mol. The molecule has 2 heterocycles. The van der Waals surface area contributed by atoms with E-state index in [1.165, 1.54) is 5.56 Å². The Morgan fingerprint density at radius 3 is 2.92 bits per heavy atom. The van der Waals surface area contributed by atoms with E-state index in [4.69, 9.17) is 27.9 Å². The molecule has 124 valence electrons. The van der Waals surface area contributed by atoms with Crippen molar-refractivity contribution >= 4 is 28.8 Å². The third-order valence-corrected chi connectivity index (χ3v) is 5.19. The minimum atomic E-state index is 0.181. The van der Waals surface area contributed by atoms with Crippen LogP contribution in [0, 0.1) is 0 Å². The SMILES string of the molecule is Clc1cccc(OC2CC(NCc3cccn4ccnc34)C2)c1Cl. The molecule has 1 N–H and O–H groups in total. The molecule has 0 aliphatic heterocycles. The summed E-state index contributed by atoms with van der Waals surface area (Å²) in [6, 6.07) is 10.1. The van der Waals surface area contributed by atoms with Crippen molar-refractivity contribution in [3.05, 3.63) is 64.5 Å². The molecule has 4 rings (SSSR count). The molecule has 0 amide bonds. The number of fused-ring (bicyclic) bond motifs is 1. The molecule has 0 unspecified atom stereocenters. The van der Waals surface area contributed by atoms with E-state index in [9.17, 15) is 0 Å². The lowest BCUT2D eigenvalue weighted by Crippen LogP contribution is -2.46. The number of benzene rings is 1. The number of halogens is 2. The molecule has 0 saturated heterocycles. The molecule has 2 aromatic heterocycles. The van der Waals surface area contributed by atoms with Crippen LogP contribution >= 0.6 is 23.2 Å². The largest absolute Gasteiger partial charge is 0.489 e. The highest BCUT2D eigenvalue weighted by molar-refractivity contribution is 6.42. The molecule has 1 fully saturated rings. The highest BCUT2D eigenvalue weighted by Gasteiger charge is 2.31. The number of nitrogens with zero attached hydrogens (tertiary/aromatic N) is 2. The van der Waals surface area contributed by atoms with Crippen molar-refractivity contribution in [2.24, 2.45) is 0 Å². The van der Waals surface area contributed by atoms with Crippen molar-refractivity contribution in [2.75, 3.05) is 0 Å². The van der Waals surface area contributed by atoms with Crippen molar-refractivity contribution in [2.45, 2.75) is 31.5 Å². The summed E-state index contributed by atoms with van der Waals surface area (Å²) < 4.78 is 7.96. The van der Waals surface area contributed by atoms with E-state index in [0.717, 1.165) is 25.0 Å². The van der Waals surface area contributed by atoms with Gasteiger partial charge >= 0.3 is 0 Å². The Morgan fingerprint density at radius 1 is 1.17 bits per heavy atom. The van der Waals surface area contributed by atoms with Gasteiger partial charge in [0.05, 0.1) is 5.02 Å². The second kappa shape index (κ2) is 6.63. The molecule has 3 aromatic rings. The molecular formula is C18H17Cl2N3O. The molecule has 0 atom stereocenters. The third-order valence-electron chi connectivity index (χ3n) is 4.39. The summed E-state index contributed by atoms with van der Waals surface area (Å²) in [6.07, 6.45) is 7.89. The van der Waals surface area contributed by atoms with Gasteiger partial charge in [-0.3, -0.25) is 0 Å². The first-order valence-corrected chi connectivity index (χ1v) is 8.71. The fourth-order valence-corrected chi connectivity index (χ4v) is 3.32. The Morgan fingerprint density at radius 2 is 2.04 bits per heavy atom. The highest BCUT2D eigenvalue weighted by atomic mass is 35.5. The Balaban J connectivity index is 1.30. The van der Waals surface area contributed by atoms with Gasteiger partial charge in [0.25, 0.3) is 0 Å². The fourth-order valence-electron chi connectivity index (χ4n) is 2.98. The number of hydrogen-bond donors (Lipinski definition) is 1. The van der Waals surface area contributed by atoms with Crippen LogP contribution < -0.4 is 10.1 Å². The first-order valence-electron chi connectivity index (χ1n) is 7.95. The van der Waals surface area contributed by atoms with E-state index < -0.39 is 0 Å². The number of hydrogen-bond acceptors (Lipinski definition) is 3. The zero-order valence-corrected chi connectivity index (χ0v) is 14.5. The number of ether oxygens (including phenoxy) is 1. The van der Waals surface area contributed by atoms with Gasteiger partial charge in [0.2, 0.25) is 0 Å². The van der Waals surface area contributed by atoms with Crippen molar-refractivity contribution < 1.29 is 4.74 Å². The van der Waals surface area contributed by atoms with E-state index in [0.29, 0.717) is 21.8 Å². The minimum absolute atomic E-state index is 0.181. The van der Waals surface area contributed by atoms with Gasteiger partial charge in [0.15, 0.2) is 0 Å². The van der Waals surface area contributed by atoms with Crippen LogP contribution in [0.3, 0.4) is 0 Å². The maximum Gasteiger partial charge on any atom is 0.141 e. The lowest BCUT2D eigenvalue weighted by Gasteiger charge is -2.36. The molecule has 6 heteroatoms. The molecule has 1 aliphatic carbocycles. The second-order valence-electron chi connectivity index (χ2n) is 6.03. The van der Waals surface area contributed by atoms with E-state index in [2.05, 4.69) is 16.4 Å². The van der Waals surface area contributed by atoms with Gasteiger partial charge in [-0.1, -0.05) is 35.3 Å². The van der Waals surface area contributed by atoms with Crippen molar-refractivity contribution in [1.82, 2.24) is 14.7 Å². The number of imidazole rings is 1. The maximum absolute atomic E-state index is 6.16. The van der Waals surface area contributed by atoms with Crippen LogP contribution in [0.15, 0.2) is 48.9 Å². The molecule has 1 saturated carbocycles. The average Bonchev–Trinajstić information content (AvgIpc) is 3.02. The quantitative estimate of drug-likeness (QED) is 0.734. The van der Waals surface area contributed by atoms with Crippen LogP contribution in [-0.2, 0) is 6.54 Å². The van der Waals surface area contributed by atoms with Gasteiger partial charge in [-0.15, -0.1) is 0 Å². The van der Waals surface area contributed by atoms with Crippen LogP contribution in [0.25, 0.3) is 5.65 Å². The summed E-state index contributed by atoms with van der Waals surface area (Å²) in [4.78, 5) is 4.40. The molecule has 0 bridgehead atoms. The second-order valence-corrected chi connectivity index (χ2v) is 6.82. The fraction of sp³-hybridized carbons (Fsp3) is 0.278. The van der Waals surface area contributed by atoms with Crippen LogP contribution in [0.2, 0.25) is 10.0 Å². The maximum atomic E-state index is 6.16. The Kier molecular flexibility index (Phi) is 4.35. The average molecular weight is 362 g/mol. The van der Waals surface area contributed by atoms with E-state index in [1.807, 2.05) is 41.2 Å². The number of rotatable bonds is 5. The minimum Gasteiger partial charge on any atom is -0.489 e. The van der Waals surface area contributed by atoms with Gasteiger partial charge in [-0.25, -0.2) is 4.98 Å². The van der Waals surface area contributed by atoms with Crippen LogP contribution in [0.1, 0.15) is 18.4 Å². The molecule has 1 aromatic carbocycles. The van der Waals surface area contributed by atoms with Crippen molar-refractivity contribution in [3.63, 3.8) is 0 Å². The summed E-state index contributed by atoms with van der Waals surface area (Å²) in [6.45, 7) is 0.802. The molecule has 0 spiro atoms. The van der Waals surface area contributed by atoms with Crippen LogP contribution in [-0.4, -0.2) is 21.5 Å². The number of nitrogens with one attached hydrogen (secondary N) is 1. The Labute approximate surface area is 150 Å². The standard InChI is InChI=1S/C18H17Cl2N3O/c19-15-4-1-5-16(17(15)20)24-14-9-13(10-14)22-11-12-3-2-7-23-8-6-21-18(12)23/h1-8,13-14,22H,9-11H2. The van der Waals surface area contributed by atoms with Gasteiger partial charge in [-0.05, 0) is 31.0 Å². The predicted octanol–water partition coefficient (Wildman–Crippen LogP) is 4.34. The topological polar surface area (TPSA) is 38.6 Å². The third kappa shape index (κ3) is 3.09. The summed E-state index contributed by atoms with van der Waals surface area (Å²) >= 11 is 12.2. The van der Waals surface area contributed by atoms with Crippen molar-refractivity contribution in [3.8, 4) is 5.75 Å². The van der Waals surface area contributed by atoms with Gasteiger partial charge in [-0.2, -0.15) is 0 Å². The zero-order valence-electron chi connectivity index (χ0n) is 13.0. The van der Waals surface area contributed by atoms with Crippen molar-refractivity contribution in [1.29, 1.82) is 0 Å². The van der Waals surface area contributed by atoms with Crippen LogP contribution in [0.4, 0.5) is 0 Å². The first kappa shape index (κ1) is 15.8. The molecule has 1 aliphatic rings. The lowest BCUT2D eigenvalue weighted by molar-refractivity contribution is 0.0844. The molecule has 24 heavy (non-hydrogen) atoms. The first-order chi connectivity index (χ1) is 11.7. The Hall–Kier alpha value is -1.75. The molecule has 4 nitrogen and oxygen atoms in total.